The molecule has 1 aliphatic carbocycles. The summed E-state index contributed by atoms with van der Waals surface area (Å²) < 4.78 is 0. The fourth-order valence-electron chi connectivity index (χ4n) is 3.46. The summed E-state index contributed by atoms with van der Waals surface area (Å²) in [6.45, 7) is -0.00186. The largest absolute Gasteiger partial charge is 0.322 e. The van der Waals surface area contributed by atoms with Gasteiger partial charge >= 0.3 is 0 Å². The molecule has 6 nitrogen and oxygen atoms in total. The van der Waals surface area contributed by atoms with E-state index in [-0.39, 0.29) is 24.9 Å². The molecule has 0 saturated carbocycles. The van der Waals surface area contributed by atoms with Gasteiger partial charge < -0.3 is 10.6 Å². The highest BCUT2D eigenvalue weighted by Gasteiger charge is 2.21. The fraction of sp³-hybridized carbons (Fsp3) is 0.381. The minimum absolute atomic E-state index is 0.0110. The summed E-state index contributed by atoms with van der Waals surface area (Å²) in [6.07, 6.45) is 5.18. The van der Waals surface area contributed by atoms with Crippen molar-refractivity contribution in [2.75, 3.05) is 30.8 Å². The lowest BCUT2D eigenvalue weighted by atomic mass is 10.1. The van der Waals surface area contributed by atoms with Gasteiger partial charge in [0.25, 0.3) is 0 Å². The van der Waals surface area contributed by atoms with Crippen molar-refractivity contribution in [1.29, 1.82) is 5.26 Å². The van der Waals surface area contributed by atoms with Crippen LogP contribution < -0.4 is 10.6 Å². The average Bonchev–Trinajstić information content (AvgIpc) is 2.83. The molecule has 0 atom stereocenters. The van der Waals surface area contributed by atoms with Crippen LogP contribution in [0.4, 0.5) is 10.7 Å². The van der Waals surface area contributed by atoms with Gasteiger partial charge in [-0.2, -0.15) is 5.26 Å². The summed E-state index contributed by atoms with van der Waals surface area (Å²) in [5.41, 5.74) is 2.01. The summed E-state index contributed by atoms with van der Waals surface area (Å²) >= 11 is 13.6. The van der Waals surface area contributed by atoms with E-state index in [1.54, 1.807) is 30.1 Å². The quantitative estimate of drug-likeness (QED) is 0.606. The smallest absolute Gasteiger partial charge is 0.239 e. The highest BCUT2D eigenvalue weighted by molar-refractivity contribution is 7.16. The van der Waals surface area contributed by atoms with Crippen molar-refractivity contribution in [3.8, 4) is 6.07 Å². The van der Waals surface area contributed by atoms with E-state index >= 15 is 0 Å². The lowest BCUT2D eigenvalue weighted by molar-refractivity contribution is -0.119. The molecule has 0 aliphatic heterocycles. The topological polar surface area (TPSA) is 85.2 Å². The Bertz CT molecular complexity index is 979. The molecule has 1 heterocycles. The van der Waals surface area contributed by atoms with Crippen molar-refractivity contribution in [2.45, 2.75) is 32.1 Å². The number of fused-ring (bicyclic) bond motifs is 1. The summed E-state index contributed by atoms with van der Waals surface area (Å²) in [6, 6.07) is 7.21. The van der Waals surface area contributed by atoms with Crippen LogP contribution in [0.25, 0.3) is 0 Å². The van der Waals surface area contributed by atoms with Gasteiger partial charge in [0.2, 0.25) is 11.8 Å². The van der Waals surface area contributed by atoms with Gasteiger partial charge in [-0.3, -0.25) is 14.5 Å². The van der Waals surface area contributed by atoms with Gasteiger partial charge in [-0.25, -0.2) is 0 Å². The molecule has 0 saturated heterocycles. The number of anilines is 2. The summed E-state index contributed by atoms with van der Waals surface area (Å²) in [7, 11) is 1.67. The Hall–Kier alpha value is -2.11. The summed E-state index contributed by atoms with van der Waals surface area (Å²) in [5, 5.41) is 16.4. The SMILES string of the molecule is CN(CC(=O)Nc1sc2c(c1C#N)CCCCC2)CC(=O)Nc1c(Cl)cccc1Cl. The number of nitriles is 1. The maximum absolute atomic E-state index is 12.5. The van der Waals surface area contributed by atoms with Gasteiger partial charge in [0, 0.05) is 4.88 Å². The number of carbonyl (C=O) groups is 2. The standard InChI is InChI=1S/C21H22Cl2N4O2S/c1-27(11-18(28)25-20-15(22)7-5-8-16(20)23)12-19(29)26-21-14(10-24)13-6-3-2-4-9-17(13)30-21/h5,7-8H,2-4,6,9,11-12H2,1H3,(H,25,28)(H,26,29). The van der Waals surface area contributed by atoms with Gasteiger partial charge in [-0.1, -0.05) is 35.7 Å². The maximum Gasteiger partial charge on any atom is 0.239 e. The van der Waals surface area contributed by atoms with E-state index in [0.717, 1.165) is 31.2 Å². The van der Waals surface area contributed by atoms with Crippen LogP contribution in [0.1, 0.15) is 35.3 Å². The molecular formula is C21H22Cl2N4O2S. The molecule has 158 valence electrons. The van der Waals surface area contributed by atoms with Crippen LogP contribution in [0.2, 0.25) is 10.0 Å². The van der Waals surface area contributed by atoms with Crippen molar-refractivity contribution in [2.24, 2.45) is 0 Å². The number of carbonyl (C=O) groups excluding carboxylic acids is 2. The van der Waals surface area contributed by atoms with E-state index in [4.69, 9.17) is 23.2 Å². The number of benzene rings is 1. The second kappa shape index (κ2) is 10.3. The number of likely N-dealkylation sites (N-methyl/N-ethyl adjacent to an activating group) is 1. The first kappa shape index (κ1) is 22.6. The third kappa shape index (κ3) is 5.52. The normalized spacial score (nSPS) is 13.3. The molecule has 0 spiro atoms. The number of nitrogens with one attached hydrogen (secondary N) is 2. The van der Waals surface area contributed by atoms with Crippen molar-refractivity contribution in [1.82, 2.24) is 4.90 Å². The van der Waals surface area contributed by atoms with Crippen LogP contribution in [0, 0.1) is 11.3 Å². The average molecular weight is 465 g/mol. The van der Waals surface area contributed by atoms with Crippen LogP contribution in [-0.4, -0.2) is 36.9 Å². The minimum atomic E-state index is -0.333. The van der Waals surface area contributed by atoms with E-state index in [2.05, 4.69) is 16.7 Å². The Kier molecular flexibility index (Phi) is 7.73. The predicted molar refractivity (Wildman–Crippen MR) is 122 cm³/mol. The molecular weight excluding hydrogens is 443 g/mol. The third-order valence-electron chi connectivity index (χ3n) is 4.84. The molecule has 9 heteroatoms. The van der Waals surface area contributed by atoms with Crippen LogP contribution in [0.5, 0.6) is 0 Å². The zero-order valence-corrected chi connectivity index (χ0v) is 18.9. The first-order valence-corrected chi connectivity index (χ1v) is 11.2. The van der Waals surface area contributed by atoms with Gasteiger partial charge in [-0.05, 0) is 50.4 Å². The Morgan fingerprint density at radius 1 is 1.10 bits per heavy atom. The number of amides is 2. The molecule has 1 aromatic carbocycles. The van der Waals surface area contributed by atoms with Crippen molar-refractivity contribution in [3.63, 3.8) is 0 Å². The lowest BCUT2D eigenvalue weighted by Crippen LogP contribution is -2.36. The number of aryl methyl sites for hydroxylation is 1. The molecule has 0 bridgehead atoms. The summed E-state index contributed by atoms with van der Waals surface area (Å²) in [5.74, 6) is -0.602. The van der Waals surface area contributed by atoms with E-state index in [1.165, 1.54) is 22.6 Å². The highest BCUT2D eigenvalue weighted by Crippen LogP contribution is 2.37. The van der Waals surface area contributed by atoms with Crippen LogP contribution in [0.15, 0.2) is 18.2 Å². The van der Waals surface area contributed by atoms with Crippen molar-refractivity contribution in [3.05, 3.63) is 44.2 Å². The van der Waals surface area contributed by atoms with E-state index in [0.29, 0.717) is 26.3 Å². The number of hydrogen-bond donors (Lipinski definition) is 2. The zero-order valence-electron chi connectivity index (χ0n) is 16.6. The van der Waals surface area contributed by atoms with Crippen LogP contribution in [-0.2, 0) is 22.4 Å². The van der Waals surface area contributed by atoms with Gasteiger partial charge in [0.15, 0.2) is 0 Å². The molecule has 1 aliphatic rings. The maximum atomic E-state index is 12.5. The number of nitrogens with zero attached hydrogens (tertiary/aromatic N) is 2. The highest BCUT2D eigenvalue weighted by atomic mass is 35.5. The second-order valence-electron chi connectivity index (χ2n) is 7.25. The van der Waals surface area contributed by atoms with Crippen molar-refractivity contribution >= 4 is 57.0 Å². The second-order valence-corrected chi connectivity index (χ2v) is 9.17. The molecule has 0 unspecified atom stereocenters. The van der Waals surface area contributed by atoms with Crippen molar-refractivity contribution < 1.29 is 9.59 Å². The molecule has 0 fully saturated rings. The molecule has 0 radical (unpaired) electrons. The predicted octanol–water partition coefficient (Wildman–Crippen LogP) is 4.70. The Labute approximate surface area is 189 Å². The number of para-hydroxylation sites is 1. The van der Waals surface area contributed by atoms with Crippen LogP contribution in [0.3, 0.4) is 0 Å². The minimum Gasteiger partial charge on any atom is -0.322 e. The first-order valence-electron chi connectivity index (χ1n) is 9.66. The number of hydrogen-bond acceptors (Lipinski definition) is 5. The van der Waals surface area contributed by atoms with E-state index < -0.39 is 0 Å². The Morgan fingerprint density at radius 3 is 2.40 bits per heavy atom. The molecule has 30 heavy (non-hydrogen) atoms. The molecule has 1 aromatic heterocycles. The zero-order chi connectivity index (χ0) is 21.7. The lowest BCUT2D eigenvalue weighted by Gasteiger charge is -2.16. The van der Waals surface area contributed by atoms with Gasteiger partial charge in [-0.15, -0.1) is 11.3 Å². The van der Waals surface area contributed by atoms with Gasteiger partial charge in [0.1, 0.15) is 11.1 Å². The first-order chi connectivity index (χ1) is 14.4. The molecule has 2 amide bonds. The molecule has 2 N–H and O–H groups in total. The Morgan fingerprint density at radius 2 is 1.73 bits per heavy atom. The number of halogens is 2. The molecule has 2 aromatic rings. The number of thiophene rings is 1. The monoisotopic (exact) mass is 464 g/mol. The fourth-order valence-corrected chi connectivity index (χ4v) is 5.21. The van der Waals surface area contributed by atoms with Crippen LogP contribution >= 0.6 is 34.5 Å². The number of rotatable bonds is 6. The third-order valence-corrected chi connectivity index (χ3v) is 6.68. The molecule has 3 rings (SSSR count). The van der Waals surface area contributed by atoms with Gasteiger partial charge in [0.05, 0.1) is 34.4 Å². The van der Waals surface area contributed by atoms with E-state index in [9.17, 15) is 14.9 Å². The Balaban J connectivity index is 1.57. The van der Waals surface area contributed by atoms with E-state index in [1.807, 2.05) is 0 Å². The summed E-state index contributed by atoms with van der Waals surface area (Å²) in [4.78, 5) is 27.6.